The summed E-state index contributed by atoms with van der Waals surface area (Å²) in [6.07, 6.45) is -0.514. The molecule has 0 aromatic heterocycles. The van der Waals surface area contributed by atoms with Crippen LogP contribution in [0.15, 0.2) is 47.4 Å². The van der Waals surface area contributed by atoms with Crippen LogP contribution < -0.4 is 4.74 Å². The number of carbonyl (C=O) groups is 1. The summed E-state index contributed by atoms with van der Waals surface area (Å²) in [4.78, 5) is 13.8. The van der Waals surface area contributed by atoms with E-state index in [0.717, 1.165) is 11.1 Å². The van der Waals surface area contributed by atoms with Crippen molar-refractivity contribution in [3.05, 3.63) is 48.0 Å². The van der Waals surface area contributed by atoms with Crippen molar-refractivity contribution in [3.8, 4) is 22.9 Å². The Hall–Kier alpha value is -2.97. The Morgan fingerprint density at radius 2 is 1.94 bits per heavy atom. The average molecular weight is 502 g/mol. The summed E-state index contributed by atoms with van der Waals surface area (Å²) in [6, 6.07) is 13.3. The number of likely N-dealkylation sites (N-methyl/N-ethyl adjacent to an activating group) is 1. The number of rotatable bonds is 7. The third-order valence-corrected chi connectivity index (χ3v) is 8.18. The van der Waals surface area contributed by atoms with Crippen LogP contribution in [0.2, 0.25) is 0 Å². The number of amides is 1. The molecule has 0 saturated heterocycles. The van der Waals surface area contributed by atoms with Crippen LogP contribution in [0.1, 0.15) is 19.4 Å². The van der Waals surface area contributed by atoms with E-state index in [-0.39, 0.29) is 48.8 Å². The third-order valence-electron chi connectivity index (χ3n) is 6.16. The SMILES string of the molecule is COCC(=O)N(C)C[C@@H]1Oc2cc(-c3ccc(C#N)cc3)ccc2S(=O)(=O)N([C@@H](C)CO)C[C@@H]1C. The second-order valence-electron chi connectivity index (χ2n) is 8.80. The number of sulfonamides is 1. The van der Waals surface area contributed by atoms with Gasteiger partial charge in [-0.25, -0.2) is 8.42 Å². The Morgan fingerprint density at radius 1 is 1.29 bits per heavy atom. The van der Waals surface area contributed by atoms with Gasteiger partial charge in [0, 0.05) is 32.7 Å². The molecule has 3 rings (SSSR count). The van der Waals surface area contributed by atoms with Gasteiger partial charge in [-0.1, -0.05) is 25.1 Å². The second kappa shape index (κ2) is 11.2. The number of fused-ring (bicyclic) bond motifs is 1. The summed E-state index contributed by atoms with van der Waals surface area (Å²) >= 11 is 0. The molecule has 0 saturated carbocycles. The number of hydrogen-bond acceptors (Lipinski definition) is 7. The molecule has 188 valence electrons. The van der Waals surface area contributed by atoms with Gasteiger partial charge in [0.1, 0.15) is 23.4 Å². The molecule has 0 spiro atoms. The van der Waals surface area contributed by atoms with Gasteiger partial charge in [0.25, 0.3) is 0 Å². The van der Waals surface area contributed by atoms with E-state index in [1.807, 2.05) is 6.92 Å². The van der Waals surface area contributed by atoms with Crippen molar-refractivity contribution in [2.45, 2.75) is 30.9 Å². The third kappa shape index (κ3) is 5.82. The van der Waals surface area contributed by atoms with Gasteiger partial charge in [-0.15, -0.1) is 0 Å². The maximum Gasteiger partial charge on any atom is 0.248 e. The normalized spacial score (nSPS) is 20.5. The standard InChI is InChI=1S/C25H31N3O6S/c1-17-13-28(18(2)15-29)35(31,32)24-10-9-21(20-7-5-19(12-26)6-8-20)11-22(24)34-23(17)14-27(3)25(30)16-33-4/h5-11,17-18,23,29H,13-16H2,1-4H3/t17-,18-,23-/m0/s1. The van der Waals surface area contributed by atoms with Crippen molar-refractivity contribution in [1.29, 1.82) is 5.26 Å². The Labute approximate surface area is 206 Å². The van der Waals surface area contributed by atoms with Crippen LogP contribution >= 0.6 is 0 Å². The molecule has 2 aromatic rings. The lowest BCUT2D eigenvalue weighted by Crippen LogP contribution is -2.50. The van der Waals surface area contributed by atoms with Crippen LogP contribution in [0.3, 0.4) is 0 Å². The van der Waals surface area contributed by atoms with Gasteiger partial charge in [0.15, 0.2) is 0 Å². The molecule has 9 nitrogen and oxygen atoms in total. The first-order valence-corrected chi connectivity index (χ1v) is 12.7. The highest BCUT2D eigenvalue weighted by Crippen LogP contribution is 2.36. The second-order valence-corrected chi connectivity index (χ2v) is 10.7. The Balaban J connectivity index is 2.09. The fourth-order valence-corrected chi connectivity index (χ4v) is 5.79. The van der Waals surface area contributed by atoms with E-state index in [0.29, 0.717) is 5.56 Å². The topological polar surface area (TPSA) is 120 Å². The Bertz CT molecular complexity index is 1190. The molecule has 0 fully saturated rings. The number of nitrogens with zero attached hydrogens (tertiary/aromatic N) is 3. The first kappa shape index (κ1) is 26.6. The minimum atomic E-state index is -3.97. The highest BCUT2D eigenvalue weighted by molar-refractivity contribution is 7.89. The molecule has 1 N–H and O–H groups in total. The predicted octanol–water partition coefficient (Wildman–Crippen LogP) is 2.10. The first-order valence-electron chi connectivity index (χ1n) is 11.3. The van der Waals surface area contributed by atoms with Crippen LogP contribution in [0, 0.1) is 17.2 Å². The highest BCUT2D eigenvalue weighted by atomic mass is 32.2. The molecule has 1 heterocycles. The van der Waals surface area contributed by atoms with Crippen molar-refractivity contribution < 1.29 is 27.8 Å². The van der Waals surface area contributed by atoms with Crippen molar-refractivity contribution in [2.24, 2.45) is 5.92 Å². The maximum absolute atomic E-state index is 13.6. The molecular weight excluding hydrogens is 470 g/mol. The number of carbonyl (C=O) groups excluding carboxylic acids is 1. The van der Waals surface area contributed by atoms with Crippen LogP contribution in [0.25, 0.3) is 11.1 Å². The number of hydrogen-bond donors (Lipinski definition) is 1. The van der Waals surface area contributed by atoms with Gasteiger partial charge in [-0.3, -0.25) is 4.79 Å². The maximum atomic E-state index is 13.6. The molecule has 3 atom stereocenters. The van der Waals surface area contributed by atoms with E-state index in [2.05, 4.69) is 6.07 Å². The van der Waals surface area contributed by atoms with Gasteiger partial charge >= 0.3 is 0 Å². The van der Waals surface area contributed by atoms with E-state index in [1.54, 1.807) is 50.4 Å². The van der Waals surface area contributed by atoms with Gasteiger partial charge < -0.3 is 19.5 Å². The van der Waals surface area contributed by atoms with E-state index in [4.69, 9.17) is 14.7 Å². The lowest BCUT2D eigenvalue weighted by molar-refractivity contribution is -0.135. The zero-order chi connectivity index (χ0) is 25.8. The summed E-state index contributed by atoms with van der Waals surface area (Å²) in [5, 5.41) is 18.8. The lowest BCUT2D eigenvalue weighted by Gasteiger charge is -2.37. The van der Waals surface area contributed by atoms with Crippen LogP contribution in [0.4, 0.5) is 0 Å². The minimum Gasteiger partial charge on any atom is -0.487 e. The van der Waals surface area contributed by atoms with Crippen LogP contribution in [-0.4, -0.2) is 81.2 Å². The van der Waals surface area contributed by atoms with Gasteiger partial charge in [-0.2, -0.15) is 9.57 Å². The van der Waals surface area contributed by atoms with Gasteiger partial charge in [0.2, 0.25) is 15.9 Å². The largest absolute Gasteiger partial charge is 0.487 e. The fourth-order valence-electron chi connectivity index (χ4n) is 3.97. The smallest absolute Gasteiger partial charge is 0.248 e. The number of ether oxygens (including phenoxy) is 2. The minimum absolute atomic E-state index is 0.00188. The Morgan fingerprint density at radius 3 is 2.54 bits per heavy atom. The number of aliphatic hydroxyl groups is 1. The van der Waals surface area contributed by atoms with E-state index >= 15 is 0 Å². The zero-order valence-corrected chi connectivity index (χ0v) is 21.2. The van der Waals surface area contributed by atoms with Crippen LogP contribution in [-0.2, 0) is 19.6 Å². The Kier molecular flexibility index (Phi) is 8.51. The number of benzene rings is 2. The average Bonchev–Trinajstić information content (AvgIpc) is 2.85. The molecule has 1 aliphatic rings. The van der Waals surface area contributed by atoms with E-state index in [9.17, 15) is 18.3 Å². The van der Waals surface area contributed by atoms with Crippen molar-refractivity contribution in [1.82, 2.24) is 9.21 Å². The summed E-state index contributed by atoms with van der Waals surface area (Å²) < 4.78 is 39.7. The van der Waals surface area contributed by atoms with Gasteiger partial charge in [0.05, 0.1) is 24.8 Å². The van der Waals surface area contributed by atoms with Crippen molar-refractivity contribution >= 4 is 15.9 Å². The number of methoxy groups -OCH3 is 1. The predicted molar refractivity (Wildman–Crippen MR) is 130 cm³/mol. The summed E-state index contributed by atoms with van der Waals surface area (Å²) in [5.41, 5.74) is 2.04. The van der Waals surface area contributed by atoms with E-state index in [1.165, 1.54) is 22.4 Å². The van der Waals surface area contributed by atoms with Crippen molar-refractivity contribution in [3.63, 3.8) is 0 Å². The number of aliphatic hydroxyl groups excluding tert-OH is 1. The molecule has 10 heteroatoms. The van der Waals surface area contributed by atoms with Crippen LogP contribution in [0.5, 0.6) is 5.75 Å². The summed E-state index contributed by atoms with van der Waals surface area (Å²) in [5.74, 6) is -0.334. The number of nitriles is 1. The van der Waals surface area contributed by atoms with E-state index < -0.39 is 22.2 Å². The molecule has 1 aliphatic heterocycles. The molecular formula is C25H31N3O6S. The first-order chi connectivity index (χ1) is 16.6. The fraction of sp³-hybridized carbons (Fsp3) is 0.440. The molecule has 0 unspecified atom stereocenters. The summed E-state index contributed by atoms with van der Waals surface area (Å²) in [7, 11) is -0.876. The monoisotopic (exact) mass is 501 g/mol. The summed E-state index contributed by atoms with van der Waals surface area (Å²) in [6.45, 7) is 3.47. The molecule has 1 amide bonds. The quantitative estimate of drug-likeness (QED) is 0.617. The zero-order valence-electron chi connectivity index (χ0n) is 20.3. The highest BCUT2D eigenvalue weighted by Gasteiger charge is 2.38. The lowest BCUT2D eigenvalue weighted by atomic mass is 10.0. The molecule has 2 aromatic carbocycles. The molecule has 0 aliphatic carbocycles. The van der Waals surface area contributed by atoms with Gasteiger partial charge in [-0.05, 0) is 42.3 Å². The molecule has 0 radical (unpaired) electrons. The molecule has 35 heavy (non-hydrogen) atoms. The van der Waals surface area contributed by atoms with Crippen molar-refractivity contribution in [2.75, 3.05) is 40.5 Å². The molecule has 0 bridgehead atoms.